The molecule has 0 atom stereocenters. The maximum absolute atomic E-state index is 9.67. The summed E-state index contributed by atoms with van der Waals surface area (Å²) in [6.45, 7) is 7.62. The summed E-state index contributed by atoms with van der Waals surface area (Å²) in [4.78, 5) is 15.0. The molecule has 0 fully saturated rings. The topological polar surface area (TPSA) is 53.9 Å². The Morgan fingerprint density at radius 2 is 1.15 bits per heavy atom. The van der Waals surface area contributed by atoms with E-state index in [0.29, 0.717) is 11.3 Å². The number of rotatable bonds is 8. The fourth-order valence-corrected chi connectivity index (χ4v) is 11.8. The second-order valence-corrected chi connectivity index (χ2v) is 17.5. The van der Waals surface area contributed by atoms with Crippen molar-refractivity contribution in [2.45, 2.75) is 0 Å². The molecule has 0 aliphatic rings. The van der Waals surface area contributed by atoms with Crippen LogP contribution in [0.1, 0.15) is 19.5 Å². The van der Waals surface area contributed by atoms with Crippen LogP contribution in [-0.2, 0) is 0 Å². The molecule has 7 aromatic heterocycles. The number of hydrogen-bond donors (Lipinski definition) is 0. The molecule has 8 aromatic rings. The third-order valence-electron chi connectivity index (χ3n) is 7.26. The number of aromatic nitrogens is 2. The number of fused-ring (bicyclic) bond motifs is 1. The van der Waals surface area contributed by atoms with Gasteiger partial charge in [-0.15, -0.1) is 11.3 Å². The number of hydrogen-bond acceptors (Lipinski definition) is 9. The van der Waals surface area contributed by atoms with E-state index in [9.17, 15) is 5.26 Å². The SMILES string of the molecule is [C-]#[N+]/C(=C\c1ccc(-c2ccc(-c3ccc(-c4ccc(-c5ccc(/C=C(\C#N)c6cccs6)s5)s4)c4n[se]nc34)s2)s1)c1cccs1. The van der Waals surface area contributed by atoms with Gasteiger partial charge in [0.25, 0.3) is 0 Å². The van der Waals surface area contributed by atoms with Gasteiger partial charge in [-0.05, 0) is 16.8 Å². The second kappa shape index (κ2) is 13.2. The first kappa shape index (κ1) is 30.3. The number of nitriles is 1. The summed E-state index contributed by atoms with van der Waals surface area (Å²) >= 11 is 9.95. The van der Waals surface area contributed by atoms with Crippen LogP contribution in [0.2, 0.25) is 0 Å². The zero-order valence-electron chi connectivity index (χ0n) is 24.0. The summed E-state index contributed by atoms with van der Waals surface area (Å²) in [5.74, 6) is 0. The van der Waals surface area contributed by atoms with Crippen LogP contribution in [0.3, 0.4) is 0 Å². The van der Waals surface area contributed by atoms with E-state index in [1.54, 1.807) is 68.0 Å². The van der Waals surface area contributed by atoms with Crippen molar-refractivity contribution in [2.24, 2.45) is 0 Å². The molecular weight excluding hydrogens is 760 g/mol. The predicted molar refractivity (Wildman–Crippen MR) is 206 cm³/mol. The van der Waals surface area contributed by atoms with E-state index in [1.165, 1.54) is 29.3 Å². The maximum atomic E-state index is 9.67. The first-order valence-electron chi connectivity index (χ1n) is 14.1. The summed E-state index contributed by atoms with van der Waals surface area (Å²) < 4.78 is 9.77. The third-order valence-corrected chi connectivity index (χ3v) is 14.9. The molecule has 7 heterocycles. The van der Waals surface area contributed by atoms with Crippen LogP contribution >= 0.6 is 68.0 Å². The molecule has 8 rings (SSSR count). The molecule has 0 N–H and O–H groups in total. The van der Waals surface area contributed by atoms with Gasteiger partial charge in [-0.25, -0.2) is 0 Å². The van der Waals surface area contributed by atoms with Crippen molar-refractivity contribution in [3.8, 4) is 46.5 Å². The number of benzene rings is 1. The molecule has 0 spiro atoms. The van der Waals surface area contributed by atoms with Crippen LogP contribution in [0.15, 0.2) is 95.7 Å². The first-order chi connectivity index (χ1) is 23.2. The molecule has 4 nitrogen and oxygen atoms in total. The Labute approximate surface area is 301 Å². The first-order valence-corrected chi connectivity index (χ1v) is 20.7. The molecule has 0 aliphatic carbocycles. The second-order valence-electron chi connectivity index (χ2n) is 10.1. The van der Waals surface area contributed by atoms with E-state index in [2.05, 4.69) is 71.6 Å². The molecule has 0 saturated carbocycles. The van der Waals surface area contributed by atoms with Gasteiger partial charge in [-0.1, -0.05) is 18.2 Å². The minimum atomic E-state index is -0.165. The summed E-state index contributed by atoms with van der Waals surface area (Å²) in [6.07, 6.45) is 3.96. The van der Waals surface area contributed by atoms with Gasteiger partial charge in [-0.2, -0.15) is 16.6 Å². The van der Waals surface area contributed by atoms with E-state index < -0.39 is 0 Å². The molecule has 0 bridgehead atoms. The smallest absolute Gasteiger partial charge is 0.156 e. The number of nitrogens with zero attached hydrogens (tertiary/aromatic N) is 4. The van der Waals surface area contributed by atoms with Crippen molar-refractivity contribution < 1.29 is 0 Å². The Bertz CT molecular complexity index is 2330. The molecule has 47 heavy (non-hydrogen) atoms. The van der Waals surface area contributed by atoms with Crippen molar-refractivity contribution in [1.82, 2.24) is 7.96 Å². The molecule has 1 aromatic carbocycles. The van der Waals surface area contributed by atoms with Gasteiger partial charge in [0.2, 0.25) is 0 Å². The quantitative estimate of drug-likeness (QED) is 0.0877. The fraction of sp³-hybridized carbons (Fsp3) is 0. The van der Waals surface area contributed by atoms with Crippen LogP contribution < -0.4 is 0 Å². The van der Waals surface area contributed by atoms with Crippen LogP contribution in [0.5, 0.6) is 0 Å². The van der Waals surface area contributed by atoms with Crippen LogP contribution in [0.25, 0.3) is 79.7 Å². The van der Waals surface area contributed by atoms with Crippen molar-refractivity contribution in [1.29, 1.82) is 5.26 Å². The average Bonchev–Trinajstić information content (AvgIpc) is 3.92. The van der Waals surface area contributed by atoms with Crippen LogP contribution in [0.4, 0.5) is 0 Å². The zero-order valence-corrected chi connectivity index (χ0v) is 30.7. The van der Waals surface area contributed by atoms with Crippen LogP contribution in [0, 0.1) is 17.9 Å². The van der Waals surface area contributed by atoms with Gasteiger partial charge in [0.1, 0.15) is 0 Å². The summed E-state index contributed by atoms with van der Waals surface area (Å²) in [5, 5.41) is 13.7. The molecule has 0 unspecified atom stereocenters. The van der Waals surface area contributed by atoms with Crippen molar-refractivity contribution in [3.63, 3.8) is 0 Å². The van der Waals surface area contributed by atoms with Crippen molar-refractivity contribution in [3.05, 3.63) is 127 Å². The Balaban J connectivity index is 1.05. The van der Waals surface area contributed by atoms with E-state index >= 15 is 0 Å². The van der Waals surface area contributed by atoms with E-state index in [0.717, 1.165) is 41.7 Å². The summed E-state index contributed by atoms with van der Waals surface area (Å²) in [6, 6.07) is 31.9. The van der Waals surface area contributed by atoms with Crippen molar-refractivity contribution >= 4 is 117 Å². The average molecular weight is 778 g/mol. The normalized spacial score (nSPS) is 12.0. The van der Waals surface area contributed by atoms with Gasteiger partial charge in [0, 0.05) is 0 Å². The monoisotopic (exact) mass is 778 g/mol. The Morgan fingerprint density at radius 3 is 1.68 bits per heavy atom. The van der Waals surface area contributed by atoms with Crippen LogP contribution in [-0.4, -0.2) is 22.9 Å². The van der Waals surface area contributed by atoms with Gasteiger partial charge in [-0.3, -0.25) is 0 Å². The molecule has 224 valence electrons. The fourth-order valence-electron chi connectivity index (χ4n) is 5.07. The van der Waals surface area contributed by atoms with Gasteiger partial charge >= 0.3 is 234 Å². The van der Waals surface area contributed by atoms with E-state index in [4.69, 9.17) is 14.5 Å². The predicted octanol–water partition coefficient (Wildman–Crippen LogP) is 12.2. The Hall–Kier alpha value is -4.00. The minimum Gasteiger partial charge on any atom is -0.156 e. The molecule has 0 aliphatic heterocycles. The number of thiophene rings is 6. The van der Waals surface area contributed by atoms with Gasteiger partial charge in [0.15, 0.2) is 0 Å². The van der Waals surface area contributed by atoms with Crippen molar-refractivity contribution in [2.75, 3.05) is 0 Å². The molecule has 0 saturated heterocycles. The van der Waals surface area contributed by atoms with Gasteiger partial charge in [0.05, 0.1) is 6.57 Å². The minimum absolute atomic E-state index is 0.165. The summed E-state index contributed by atoms with van der Waals surface area (Å²) in [7, 11) is 0. The zero-order chi connectivity index (χ0) is 31.7. The molecule has 0 amide bonds. The Kier molecular flexibility index (Phi) is 8.55. The number of allylic oxidation sites excluding steroid dienone is 1. The van der Waals surface area contributed by atoms with E-state index in [-0.39, 0.29) is 15.0 Å². The third kappa shape index (κ3) is 6.10. The Morgan fingerprint density at radius 1 is 0.638 bits per heavy atom. The molecule has 0 radical (unpaired) electrons. The molecular formula is C36H18N4S6Se. The van der Waals surface area contributed by atoms with E-state index in [1.807, 2.05) is 47.2 Å². The molecule has 11 heteroatoms. The summed E-state index contributed by atoms with van der Waals surface area (Å²) in [5.41, 5.74) is 5.59. The standard InChI is InChI=1S/C36H18N4S6Se/c1-38-26(30-5-3-17-42-30)19-23-7-11-32(44-23)34-15-13-29(46-34)25-9-8-24(35-36(25)40-47-39-35)28-12-14-33(45-28)31-10-6-22(43-31)18-21(20-37)27-4-2-16-41-27/h2-19H/b21-18+,26-19-. The van der Waals surface area contributed by atoms with Gasteiger partial charge < -0.3 is 0 Å².